The zero-order chi connectivity index (χ0) is 21.6. The molecule has 1 N–H and O–H groups in total. The van der Waals surface area contributed by atoms with Gasteiger partial charge in [-0.05, 0) is 69.2 Å². The van der Waals surface area contributed by atoms with E-state index in [9.17, 15) is 9.59 Å². The Morgan fingerprint density at radius 3 is 2.65 bits per heavy atom. The first kappa shape index (κ1) is 20.6. The first-order valence-electron chi connectivity index (χ1n) is 11.7. The molecule has 3 atom stereocenters. The minimum absolute atomic E-state index is 0.0190. The van der Waals surface area contributed by atoms with Crippen LogP contribution in [0.25, 0.3) is 0 Å². The fourth-order valence-electron chi connectivity index (χ4n) is 6.79. The van der Waals surface area contributed by atoms with Gasteiger partial charge in [0.05, 0.1) is 7.11 Å². The number of hydrogen-bond acceptors (Lipinski definition) is 4. The van der Waals surface area contributed by atoms with Gasteiger partial charge in [-0.1, -0.05) is 18.2 Å². The van der Waals surface area contributed by atoms with Gasteiger partial charge in [0.25, 0.3) is 0 Å². The van der Waals surface area contributed by atoms with Gasteiger partial charge < -0.3 is 19.9 Å². The zero-order valence-corrected chi connectivity index (χ0v) is 18.7. The Morgan fingerprint density at radius 2 is 1.90 bits per heavy atom. The van der Waals surface area contributed by atoms with Crippen molar-refractivity contribution in [3.63, 3.8) is 0 Å². The number of likely N-dealkylation sites (tertiary alicyclic amines) is 2. The maximum absolute atomic E-state index is 12.5. The second-order valence-electron chi connectivity index (χ2n) is 9.73. The number of nitrogens with one attached hydrogen (secondary N) is 1. The van der Waals surface area contributed by atoms with Gasteiger partial charge in [-0.2, -0.15) is 0 Å². The minimum atomic E-state index is -0.162. The van der Waals surface area contributed by atoms with Crippen molar-refractivity contribution < 1.29 is 14.3 Å². The lowest BCUT2D eigenvalue weighted by Gasteiger charge is -2.42. The number of urea groups is 1. The Kier molecular flexibility index (Phi) is 5.32. The van der Waals surface area contributed by atoms with E-state index >= 15 is 0 Å². The Balaban J connectivity index is 1.28. The molecule has 0 aromatic heterocycles. The van der Waals surface area contributed by atoms with Crippen molar-refractivity contribution in [3.05, 3.63) is 29.8 Å². The summed E-state index contributed by atoms with van der Waals surface area (Å²) in [4.78, 5) is 31.3. The van der Waals surface area contributed by atoms with Gasteiger partial charge in [-0.25, -0.2) is 9.59 Å². The van der Waals surface area contributed by atoms with Crippen LogP contribution in [0.2, 0.25) is 0 Å². The van der Waals surface area contributed by atoms with Gasteiger partial charge in [-0.3, -0.25) is 4.90 Å². The summed E-state index contributed by atoms with van der Waals surface area (Å²) in [5.74, 6) is 0.602. The molecular formula is C24H34N4O3. The van der Waals surface area contributed by atoms with E-state index < -0.39 is 0 Å². The highest BCUT2D eigenvalue weighted by molar-refractivity contribution is 5.95. The lowest BCUT2D eigenvalue weighted by Crippen LogP contribution is -2.50. The normalized spacial score (nSPS) is 29.5. The summed E-state index contributed by atoms with van der Waals surface area (Å²) in [5, 5.41) is 2.80. The number of fused-ring (bicyclic) bond motifs is 3. The van der Waals surface area contributed by atoms with Crippen LogP contribution >= 0.6 is 0 Å². The largest absolute Gasteiger partial charge is 0.453 e. The highest BCUT2D eigenvalue weighted by Gasteiger charge is 2.49. The molecule has 168 valence electrons. The van der Waals surface area contributed by atoms with Gasteiger partial charge in [0, 0.05) is 43.3 Å². The van der Waals surface area contributed by atoms with Crippen LogP contribution in [0.3, 0.4) is 0 Å². The van der Waals surface area contributed by atoms with Gasteiger partial charge in [0.2, 0.25) is 0 Å². The van der Waals surface area contributed by atoms with E-state index in [4.69, 9.17) is 4.74 Å². The molecular weight excluding hydrogens is 392 g/mol. The standard InChI is InChI=1S/C24H34N4O3/c1-25-22(29)28-16-24(19-7-3-4-8-20(19)28)9-12-26(13-10-24)18-14-17-6-5-11-27(21(17)15-18)23(30)31-2/h3-4,7-8,17-18,21H,5-6,9-16H2,1-2H3,(H,25,29). The summed E-state index contributed by atoms with van der Waals surface area (Å²) in [7, 11) is 3.19. The van der Waals surface area contributed by atoms with Crippen molar-refractivity contribution in [3.8, 4) is 0 Å². The van der Waals surface area contributed by atoms with E-state index in [0.717, 1.165) is 57.5 Å². The molecule has 1 spiro atoms. The fourth-order valence-corrected chi connectivity index (χ4v) is 6.79. The molecule has 3 heterocycles. The zero-order valence-electron chi connectivity index (χ0n) is 18.7. The topological polar surface area (TPSA) is 65.1 Å². The summed E-state index contributed by atoms with van der Waals surface area (Å²) in [5.41, 5.74) is 2.45. The molecule has 7 nitrogen and oxygen atoms in total. The van der Waals surface area contributed by atoms with E-state index in [1.165, 1.54) is 25.5 Å². The number of ether oxygens (including phenoxy) is 1. The summed E-state index contributed by atoms with van der Waals surface area (Å²) in [6.45, 7) is 3.71. The molecule has 1 aromatic rings. The third-order valence-corrected chi connectivity index (χ3v) is 8.37. The van der Waals surface area contributed by atoms with Crippen LogP contribution in [0, 0.1) is 5.92 Å². The smallest absolute Gasteiger partial charge is 0.409 e. The van der Waals surface area contributed by atoms with Crippen molar-refractivity contribution in [2.24, 2.45) is 5.92 Å². The van der Waals surface area contributed by atoms with Crippen molar-refractivity contribution in [2.45, 2.75) is 56.0 Å². The van der Waals surface area contributed by atoms with Gasteiger partial charge in [0.1, 0.15) is 0 Å². The maximum Gasteiger partial charge on any atom is 0.409 e. The molecule has 3 aliphatic heterocycles. The van der Waals surface area contributed by atoms with E-state index in [1.54, 1.807) is 7.05 Å². The Bertz CT molecular complexity index is 851. The van der Waals surface area contributed by atoms with E-state index in [2.05, 4.69) is 28.4 Å². The number of para-hydroxylation sites is 1. The van der Waals surface area contributed by atoms with E-state index in [0.29, 0.717) is 18.0 Å². The Hall–Kier alpha value is -2.28. The number of piperidine rings is 2. The van der Waals surface area contributed by atoms with Crippen molar-refractivity contribution in [1.82, 2.24) is 15.1 Å². The highest BCUT2D eigenvalue weighted by atomic mass is 16.5. The van der Waals surface area contributed by atoms with Crippen LogP contribution in [0.1, 0.15) is 44.1 Å². The van der Waals surface area contributed by atoms with Gasteiger partial charge >= 0.3 is 12.1 Å². The molecule has 2 saturated heterocycles. The minimum Gasteiger partial charge on any atom is -0.453 e. The van der Waals surface area contributed by atoms with Crippen LogP contribution in [-0.2, 0) is 10.2 Å². The number of methoxy groups -OCH3 is 1. The number of nitrogens with zero attached hydrogens (tertiary/aromatic N) is 3. The predicted octanol–water partition coefficient (Wildman–Crippen LogP) is 3.19. The number of carbonyl (C=O) groups excluding carboxylic acids is 2. The molecule has 3 amide bonds. The summed E-state index contributed by atoms with van der Waals surface area (Å²) < 4.78 is 5.05. The van der Waals surface area contributed by atoms with Gasteiger partial charge in [-0.15, -0.1) is 0 Å². The quantitative estimate of drug-likeness (QED) is 0.749. The average Bonchev–Trinajstić information content (AvgIpc) is 3.39. The average molecular weight is 427 g/mol. The molecule has 4 aliphatic rings. The lowest BCUT2D eigenvalue weighted by molar-refractivity contribution is 0.0741. The molecule has 1 saturated carbocycles. The predicted molar refractivity (Wildman–Crippen MR) is 119 cm³/mol. The van der Waals surface area contributed by atoms with Crippen LogP contribution in [-0.4, -0.2) is 74.3 Å². The summed E-state index contributed by atoms with van der Waals surface area (Å²) in [6, 6.07) is 9.28. The molecule has 7 heteroatoms. The Morgan fingerprint density at radius 1 is 1.13 bits per heavy atom. The number of amides is 3. The highest BCUT2D eigenvalue weighted by Crippen LogP contribution is 2.48. The van der Waals surface area contributed by atoms with Crippen LogP contribution in [0.5, 0.6) is 0 Å². The van der Waals surface area contributed by atoms with Crippen molar-refractivity contribution >= 4 is 17.8 Å². The molecule has 3 unspecified atom stereocenters. The number of rotatable bonds is 1. The third kappa shape index (κ3) is 3.37. The Labute approximate surface area is 184 Å². The number of benzene rings is 1. The molecule has 0 radical (unpaired) electrons. The SMILES string of the molecule is CNC(=O)N1CC2(CCN(C3CC4CCCN(C(=O)OC)C4C3)CC2)c2ccccc21. The van der Waals surface area contributed by atoms with Crippen molar-refractivity contribution in [2.75, 3.05) is 45.2 Å². The van der Waals surface area contributed by atoms with Crippen LogP contribution in [0.4, 0.5) is 15.3 Å². The van der Waals surface area contributed by atoms with Gasteiger partial charge in [0.15, 0.2) is 0 Å². The monoisotopic (exact) mass is 426 g/mol. The summed E-state index contributed by atoms with van der Waals surface area (Å²) >= 11 is 0. The van der Waals surface area contributed by atoms with E-state index in [-0.39, 0.29) is 17.5 Å². The van der Waals surface area contributed by atoms with Crippen molar-refractivity contribution in [1.29, 1.82) is 0 Å². The molecule has 1 aliphatic carbocycles. The molecule has 5 rings (SSSR count). The van der Waals surface area contributed by atoms with E-state index in [1.807, 2.05) is 15.9 Å². The maximum atomic E-state index is 12.5. The second-order valence-corrected chi connectivity index (χ2v) is 9.73. The lowest BCUT2D eigenvalue weighted by atomic mass is 9.74. The second kappa shape index (κ2) is 8.01. The molecule has 31 heavy (non-hydrogen) atoms. The third-order valence-electron chi connectivity index (χ3n) is 8.37. The van der Waals surface area contributed by atoms with Crippen LogP contribution < -0.4 is 10.2 Å². The number of carbonyl (C=O) groups is 2. The molecule has 3 fully saturated rings. The fraction of sp³-hybridized carbons (Fsp3) is 0.667. The van der Waals surface area contributed by atoms with Crippen LogP contribution in [0.15, 0.2) is 24.3 Å². The molecule has 0 bridgehead atoms. The summed E-state index contributed by atoms with van der Waals surface area (Å²) in [6.07, 6.45) is 6.54. The molecule has 1 aromatic carbocycles. The first-order chi connectivity index (χ1) is 15.1. The number of hydrogen-bond donors (Lipinski definition) is 1. The first-order valence-corrected chi connectivity index (χ1v) is 11.7. The number of anilines is 1.